The third-order valence-electron chi connectivity index (χ3n) is 5.26. The lowest BCUT2D eigenvalue weighted by Crippen LogP contribution is -2.29. The first-order chi connectivity index (χ1) is 15.4. The largest absolute Gasteiger partial charge is 0.507 e. The van der Waals surface area contributed by atoms with Crippen LogP contribution in [0.15, 0.2) is 72.6 Å². The molecule has 2 heterocycles. The van der Waals surface area contributed by atoms with Gasteiger partial charge in [-0.2, -0.15) is 0 Å². The van der Waals surface area contributed by atoms with E-state index in [2.05, 4.69) is 4.98 Å². The van der Waals surface area contributed by atoms with Crippen LogP contribution in [0.25, 0.3) is 5.76 Å². The number of aliphatic hydroxyl groups excluding tert-OH is 1. The van der Waals surface area contributed by atoms with E-state index in [0.717, 1.165) is 5.56 Å². The van der Waals surface area contributed by atoms with Gasteiger partial charge < -0.3 is 14.7 Å². The normalized spacial score (nSPS) is 17.6. The van der Waals surface area contributed by atoms with Gasteiger partial charge >= 0.3 is 0 Å². The number of aliphatic hydroxyl groups is 1. The maximum atomic E-state index is 13.6. The second-order valence-electron chi connectivity index (χ2n) is 7.18. The van der Waals surface area contributed by atoms with Gasteiger partial charge in [-0.1, -0.05) is 23.7 Å². The third-order valence-corrected chi connectivity index (χ3v) is 5.59. The smallest absolute Gasteiger partial charge is 0.295 e. The van der Waals surface area contributed by atoms with Gasteiger partial charge in [0, 0.05) is 24.5 Å². The molecule has 0 spiro atoms. The molecular weight excluding hydrogens is 435 g/mol. The molecule has 32 heavy (non-hydrogen) atoms. The Morgan fingerprint density at radius 2 is 1.81 bits per heavy atom. The van der Waals surface area contributed by atoms with E-state index in [1.165, 1.54) is 48.4 Å². The zero-order valence-electron chi connectivity index (χ0n) is 17.0. The van der Waals surface area contributed by atoms with Crippen molar-refractivity contribution in [1.29, 1.82) is 0 Å². The van der Waals surface area contributed by atoms with Gasteiger partial charge in [0.2, 0.25) is 0 Å². The van der Waals surface area contributed by atoms with Crippen molar-refractivity contribution in [1.82, 2.24) is 9.88 Å². The molecule has 4 rings (SSSR count). The fourth-order valence-electron chi connectivity index (χ4n) is 3.68. The summed E-state index contributed by atoms with van der Waals surface area (Å²) < 4.78 is 18.8. The van der Waals surface area contributed by atoms with Gasteiger partial charge in [-0.05, 0) is 53.6 Å². The van der Waals surface area contributed by atoms with Crippen LogP contribution in [0.1, 0.15) is 22.7 Å². The molecule has 1 aliphatic heterocycles. The molecule has 1 atom stereocenters. The van der Waals surface area contributed by atoms with Crippen molar-refractivity contribution >= 4 is 29.1 Å². The van der Waals surface area contributed by atoms with Gasteiger partial charge in [-0.15, -0.1) is 0 Å². The molecule has 1 N–H and O–H groups in total. The van der Waals surface area contributed by atoms with Crippen molar-refractivity contribution < 1.29 is 23.8 Å². The van der Waals surface area contributed by atoms with Crippen LogP contribution >= 0.6 is 11.6 Å². The number of halogens is 2. The van der Waals surface area contributed by atoms with Crippen LogP contribution in [0, 0.1) is 5.82 Å². The Hall–Kier alpha value is -3.71. The molecule has 1 aliphatic rings. The van der Waals surface area contributed by atoms with Crippen LogP contribution < -0.4 is 4.74 Å². The molecule has 1 fully saturated rings. The quantitative estimate of drug-likeness (QED) is 0.350. The molecule has 0 bridgehead atoms. The van der Waals surface area contributed by atoms with Crippen molar-refractivity contribution in [2.45, 2.75) is 12.6 Å². The summed E-state index contributed by atoms with van der Waals surface area (Å²) in [7, 11) is 1.46. The molecule has 162 valence electrons. The van der Waals surface area contributed by atoms with Crippen molar-refractivity contribution in [3.8, 4) is 5.75 Å². The lowest BCUT2D eigenvalue weighted by atomic mass is 9.95. The Bertz CT molecular complexity index is 1210. The molecule has 0 aliphatic carbocycles. The van der Waals surface area contributed by atoms with Crippen molar-refractivity contribution in [2.75, 3.05) is 7.11 Å². The number of ketones is 1. The van der Waals surface area contributed by atoms with Crippen LogP contribution in [0.4, 0.5) is 4.39 Å². The highest BCUT2D eigenvalue weighted by atomic mass is 35.5. The number of benzene rings is 2. The summed E-state index contributed by atoms with van der Waals surface area (Å²) in [6.07, 6.45) is 3.16. The standard InChI is InChI=1S/C24H18ClFN2O4/c1-32-17-6-7-19(25)18(12-17)22(29)20-21(15-2-4-16(26)5-3-15)28(24(31)23(20)30)13-14-8-10-27-11-9-14/h2-12,21,29H,13H2,1H3/b22-20+. The Balaban J connectivity index is 1.89. The number of Topliss-reactive ketones (excluding diaryl/α,β-unsaturated/α-hetero) is 1. The van der Waals surface area contributed by atoms with Crippen molar-refractivity contribution in [2.24, 2.45) is 0 Å². The summed E-state index contributed by atoms with van der Waals surface area (Å²) in [6.45, 7) is 0.0950. The first kappa shape index (κ1) is 21.5. The van der Waals surface area contributed by atoms with E-state index >= 15 is 0 Å². The van der Waals surface area contributed by atoms with E-state index in [1.54, 1.807) is 30.6 Å². The van der Waals surface area contributed by atoms with Crippen LogP contribution in [-0.2, 0) is 16.1 Å². The zero-order valence-corrected chi connectivity index (χ0v) is 17.7. The van der Waals surface area contributed by atoms with E-state index in [4.69, 9.17) is 16.3 Å². The number of pyridine rings is 1. The minimum Gasteiger partial charge on any atom is -0.507 e. The second kappa shape index (κ2) is 8.80. The van der Waals surface area contributed by atoms with E-state index in [9.17, 15) is 19.1 Å². The number of hydrogen-bond acceptors (Lipinski definition) is 5. The lowest BCUT2D eigenvalue weighted by molar-refractivity contribution is -0.140. The molecular formula is C24H18ClFN2O4. The van der Waals surface area contributed by atoms with E-state index < -0.39 is 29.3 Å². The van der Waals surface area contributed by atoms with Crippen LogP contribution in [0.3, 0.4) is 0 Å². The fourth-order valence-corrected chi connectivity index (χ4v) is 3.88. The fraction of sp³-hybridized carbons (Fsp3) is 0.125. The van der Waals surface area contributed by atoms with Gasteiger partial charge in [0.25, 0.3) is 11.7 Å². The van der Waals surface area contributed by atoms with E-state index in [-0.39, 0.29) is 22.7 Å². The van der Waals surface area contributed by atoms with Gasteiger partial charge in [-0.25, -0.2) is 4.39 Å². The number of rotatable bonds is 5. The van der Waals surface area contributed by atoms with Crippen LogP contribution in [0.2, 0.25) is 5.02 Å². The van der Waals surface area contributed by atoms with Crippen LogP contribution in [-0.4, -0.2) is 33.8 Å². The average molecular weight is 453 g/mol. The number of methoxy groups -OCH3 is 1. The maximum Gasteiger partial charge on any atom is 0.295 e. The Morgan fingerprint density at radius 1 is 1.12 bits per heavy atom. The molecule has 3 aromatic rings. The first-order valence-corrected chi connectivity index (χ1v) is 10.0. The molecule has 1 saturated heterocycles. The molecule has 1 aromatic heterocycles. The van der Waals surface area contributed by atoms with Gasteiger partial charge in [0.1, 0.15) is 17.3 Å². The monoisotopic (exact) mass is 452 g/mol. The second-order valence-corrected chi connectivity index (χ2v) is 7.59. The van der Waals surface area contributed by atoms with Crippen LogP contribution in [0.5, 0.6) is 5.75 Å². The highest BCUT2D eigenvalue weighted by Crippen LogP contribution is 2.41. The summed E-state index contributed by atoms with van der Waals surface area (Å²) in [5, 5.41) is 11.3. The maximum absolute atomic E-state index is 13.6. The molecule has 6 nitrogen and oxygen atoms in total. The highest BCUT2D eigenvalue weighted by molar-refractivity contribution is 6.47. The number of ether oxygens (including phenoxy) is 1. The predicted molar refractivity (Wildman–Crippen MR) is 116 cm³/mol. The summed E-state index contributed by atoms with van der Waals surface area (Å²) in [5.74, 6) is -2.11. The lowest BCUT2D eigenvalue weighted by Gasteiger charge is -2.25. The highest BCUT2D eigenvalue weighted by Gasteiger charge is 2.46. The number of nitrogens with zero attached hydrogens (tertiary/aromatic N) is 2. The number of carbonyl (C=O) groups is 2. The van der Waals surface area contributed by atoms with Crippen molar-refractivity contribution in [3.05, 3.63) is 100 Å². The summed E-state index contributed by atoms with van der Waals surface area (Å²) in [4.78, 5) is 31.4. The number of amides is 1. The number of aromatic nitrogens is 1. The zero-order chi connectivity index (χ0) is 22.8. The summed E-state index contributed by atoms with van der Waals surface area (Å²) in [5.41, 5.74) is 1.24. The molecule has 0 saturated carbocycles. The Labute approximate surface area is 188 Å². The average Bonchev–Trinajstić information content (AvgIpc) is 3.05. The molecule has 2 aromatic carbocycles. The van der Waals surface area contributed by atoms with Gasteiger partial charge in [0.05, 0.1) is 23.7 Å². The summed E-state index contributed by atoms with van der Waals surface area (Å²) in [6, 6.07) is 12.5. The van der Waals surface area contributed by atoms with E-state index in [0.29, 0.717) is 11.3 Å². The SMILES string of the molecule is COc1ccc(Cl)c(/C(O)=C2\C(=O)C(=O)N(Cc3ccncc3)C2c2ccc(F)cc2)c1. The van der Waals surface area contributed by atoms with Crippen molar-refractivity contribution in [3.63, 3.8) is 0 Å². The first-order valence-electron chi connectivity index (χ1n) is 9.67. The topological polar surface area (TPSA) is 79.7 Å². The third kappa shape index (κ3) is 3.94. The van der Waals surface area contributed by atoms with E-state index in [1.807, 2.05) is 0 Å². The number of carbonyl (C=O) groups excluding carboxylic acids is 2. The molecule has 0 radical (unpaired) electrons. The predicted octanol–water partition coefficient (Wildman–Crippen LogP) is 4.50. The summed E-state index contributed by atoms with van der Waals surface area (Å²) >= 11 is 6.28. The Kier molecular flexibility index (Phi) is 5.92. The molecule has 1 unspecified atom stereocenters. The Morgan fingerprint density at radius 3 is 2.47 bits per heavy atom. The molecule has 8 heteroatoms. The number of likely N-dealkylation sites (tertiary alicyclic amines) is 1. The minimum atomic E-state index is -0.939. The minimum absolute atomic E-state index is 0.0950. The van der Waals surface area contributed by atoms with Gasteiger partial charge in [-0.3, -0.25) is 14.6 Å². The number of hydrogen-bond donors (Lipinski definition) is 1. The molecule has 1 amide bonds. The van der Waals surface area contributed by atoms with Gasteiger partial charge in [0.15, 0.2) is 0 Å².